The summed E-state index contributed by atoms with van der Waals surface area (Å²) in [5.74, 6) is -0.576. The molecule has 1 aromatic carbocycles. The molecule has 1 aromatic rings. The van der Waals surface area contributed by atoms with Crippen molar-refractivity contribution in [3.8, 4) is 11.5 Å². The largest absolute Gasteiger partial charge is 0.550 e. The van der Waals surface area contributed by atoms with Crippen LogP contribution >= 0.6 is 0 Å². The van der Waals surface area contributed by atoms with E-state index in [4.69, 9.17) is 10.2 Å². The average molecular weight is 410 g/mol. The number of quaternary nitrogens is 1. The molecule has 0 amide bonds. The normalized spacial score (nSPS) is 10.2. The number of carboxylic acids is 1. The van der Waals surface area contributed by atoms with Gasteiger partial charge in [0.15, 0.2) is 0 Å². The molecule has 29 heavy (non-hydrogen) atoms. The Balaban J connectivity index is 0. The Hall–Kier alpha value is -2.01. The zero-order valence-corrected chi connectivity index (χ0v) is 18.6. The van der Waals surface area contributed by atoms with Crippen LogP contribution in [0.1, 0.15) is 96.8 Å². The van der Waals surface area contributed by atoms with Crippen molar-refractivity contribution in [3.05, 3.63) is 36.4 Å². The van der Waals surface area contributed by atoms with Crippen LogP contribution in [0.3, 0.4) is 0 Å². The molecule has 0 aliphatic carbocycles. The number of rotatable bonds is 15. The fourth-order valence-corrected chi connectivity index (χ4v) is 2.79. The van der Waals surface area contributed by atoms with Gasteiger partial charge >= 0.3 is 0 Å². The van der Waals surface area contributed by atoms with E-state index in [9.17, 15) is 9.90 Å². The van der Waals surface area contributed by atoms with Gasteiger partial charge in [-0.2, -0.15) is 0 Å². The fraction of sp³-hybridized carbons (Fsp3) is 0.625. The van der Waals surface area contributed by atoms with Crippen molar-refractivity contribution in [3.63, 3.8) is 0 Å². The fourth-order valence-electron chi connectivity index (χ4n) is 2.79. The van der Waals surface area contributed by atoms with Gasteiger partial charge in [-0.25, -0.2) is 0 Å². The van der Waals surface area contributed by atoms with Gasteiger partial charge in [0.05, 0.1) is 0 Å². The molecule has 0 heterocycles. The highest BCUT2D eigenvalue weighted by Crippen LogP contribution is 2.13. The summed E-state index contributed by atoms with van der Waals surface area (Å²) in [7, 11) is 0. The molecule has 0 bridgehead atoms. The first kappa shape index (κ1) is 29.2. The smallest absolute Gasteiger partial charge is 0.115 e. The summed E-state index contributed by atoms with van der Waals surface area (Å²) in [6, 6.07) is 5.70. The topological polar surface area (TPSA) is 117 Å². The predicted octanol–water partition coefficient (Wildman–Crippen LogP) is 6.25. The van der Waals surface area contributed by atoms with Crippen molar-refractivity contribution in [1.29, 1.82) is 0 Å². The summed E-state index contributed by atoms with van der Waals surface area (Å²) >= 11 is 0. The minimum atomic E-state index is -0.914. The van der Waals surface area contributed by atoms with Gasteiger partial charge in [-0.15, -0.1) is 0 Å². The van der Waals surface area contributed by atoms with Gasteiger partial charge in [-0.05, 0) is 62.8 Å². The van der Waals surface area contributed by atoms with Crippen molar-refractivity contribution in [1.82, 2.24) is 6.15 Å². The Bertz CT molecular complexity index is 479. The molecule has 0 atom stereocenters. The number of carbonyl (C=O) groups is 1. The average Bonchev–Trinajstić information content (AvgIpc) is 2.67. The van der Waals surface area contributed by atoms with E-state index in [0.29, 0.717) is 0 Å². The summed E-state index contributed by atoms with van der Waals surface area (Å²) in [5.41, 5.74) is 0. The van der Waals surface area contributed by atoms with E-state index in [2.05, 4.69) is 19.1 Å². The highest BCUT2D eigenvalue weighted by Gasteiger charge is 1.91. The molecule has 0 radical (unpaired) electrons. The van der Waals surface area contributed by atoms with E-state index in [1.54, 1.807) is 0 Å². The van der Waals surface area contributed by atoms with Gasteiger partial charge in [0.25, 0.3) is 0 Å². The lowest BCUT2D eigenvalue weighted by atomic mass is 10.1. The second-order valence-electron chi connectivity index (χ2n) is 7.22. The number of aliphatic carboxylic acids is 1. The minimum Gasteiger partial charge on any atom is -0.550 e. The van der Waals surface area contributed by atoms with Crippen LogP contribution in [0.5, 0.6) is 11.5 Å². The lowest BCUT2D eigenvalue weighted by Crippen LogP contribution is -2.21. The van der Waals surface area contributed by atoms with Gasteiger partial charge in [-0.1, -0.05) is 70.4 Å². The van der Waals surface area contributed by atoms with Crippen LogP contribution in [0.4, 0.5) is 0 Å². The molecule has 0 aliphatic rings. The minimum absolute atomic E-state index is 0. The Kier molecular flexibility index (Phi) is 22.4. The first-order valence-electron chi connectivity index (χ1n) is 10.9. The van der Waals surface area contributed by atoms with Gasteiger partial charge in [0.2, 0.25) is 0 Å². The van der Waals surface area contributed by atoms with Crippen LogP contribution < -0.4 is 11.3 Å². The van der Waals surface area contributed by atoms with Crippen molar-refractivity contribution in [2.75, 3.05) is 0 Å². The van der Waals surface area contributed by atoms with Crippen molar-refractivity contribution in [2.24, 2.45) is 0 Å². The van der Waals surface area contributed by atoms with E-state index < -0.39 is 5.97 Å². The van der Waals surface area contributed by atoms with Crippen LogP contribution in [0.25, 0.3) is 0 Å². The Morgan fingerprint density at radius 3 is 1.55 bits per heavy atom. The molecule has 5 nitrogen and oxygen atoms in total. The zero-order chi connectivity index (χ0) is 20.9. The van der Waals surface area contributed by atoms with E-state index in [1.807, 2.05) is 0 Å². The number of unbranched alkanes of at least 4 members (excludes halogenated alkanes) is 11. The monoisotopic (exact) mass is 409 g/mol. The van der Waals surface area contributed by atoms with Crippen LogP contribution in [0.15, 0.2) is 36.4 Å². The van der Waals surface area contributed by atoms with Gasteiger partial charge < -0.3 is 26.3 Å². The summed E-state index contributed by atoms with van der Waals surface area (Å²) in [5, 5.41) is 27.5. The van der Waals surface area contributed by atoms with E-state index in [-0.39, 0.29) is 24.1 Å². The van der Waals surface area contributed by atoms with E-state index in [1.165, 1.54) is 88.5 Å². The number of aromatic hydroxyl groups is 2. The van der Waals surface area contributed by atoms with Crippen LogP contribution in [0.2, 0.25) is 0 Å². The van der Waals surface area contributed by atoms with Crippen molar-refractivity contribution < 1.29 is 20.1 Å². The maximum Gasteiger partial charge on any atom is 0.115 e. The quantitative estimate of drug-likeness (QED) is 0.180. The van der Waals surface area contributed by atoms with E-state index >= 15 is 0 Å². The second kappa shape index (κ2) is 22.3. The number of hydrogen-bond acceptors (Lipinski definition) is 4. The Labute approximate surface area is 177 Å². The summed E-state index contributed by atoms with van der Waals surface area (Å²) < 4.78 is 0. The molecule has 6 N–H and O–H groups in total. The van der Waals surface area contributed by atoms with Gasteiger partial charge in [-0.3, -0.25) is 0 Å². The highest BCUT2D eigenvalue weighted by atomic mass is 16.4. The lowest BCUT2D eigenvalue weighted by molar-refractivity contribution is -0.305. The Morgan fingerprint density at radius 2 is 1.14 bits per heavy atom. The number of phenolic OH excluding ortho intramolecular Hbond substituents is 2. The number of allylic oxidation sites excluding steroid dienone is 2. The third-order valence-corrected chi connectivity index (χ3v) is 4.49. The lowest BCUT2D eigenvalue weighted by Gasteiger charge is -2.01. The van der Waals surface area contributed by atoms with Crippen LogP contribution in [0, 0.1) is 0 Å². The molecule has 1 rings (SSSR count). The standard InChI is InChI=1S/C18H34O2.C6H6O2.H3N/c1-2-3-4-5-6-7-8-9-10-11-12-13-14-15-16-17-18(19)20;7-5-1-2-6(8)4-3-5;/h9-10H,2-8,11-17H2,1H3,(H,19,20);1-4,7-8H;1H3/b10-9-;;. The van der Waals surface area contributed by atoms with Gasteiger partial charge in [0, 0.05) is 5.97 Å². The number of hydrogen-bond donors (Lipinski definition) is 3. The molecule has 5 heteroatoms. The SMILES string of the molecule is CCCCCCCC/C=C\CCCCCCCC(=O)[O-].Oc1ccc(O)cc1.[NH4+]. The number of carboxylic acid groups (broad SMARTS) is 1. The third kappa shape index (κ3) is 24.0. The molecular formula is C24H43NO4. The molecular weight excluding hydrogens is 366 g/mol. The third-order valence-electron chi connectivity index (χ3n) is 4.49. The molecule has 168 valence electrons. The molecule has 0 fully saturated rings. The predicted molar refractivity (Wildman–Crippen MR) is 120 cm³/mol. The molecule has 0 unspecified atom stereocenters. The van der Waals surface area contributed by atoms with Crippen molar-refractivity contribution in [2.45, 2.75) is 96.8 Å². The highest BCUT2D eigenvalue weighted by molar-refractivity contribution is 5.64. The zero-order valence-electron chi connectivity index (χ0n) is 18.6. The molecule has 0 spiro atoms. The first-order chi connectivity index (χ1) is 13.6. The van der Waals surface area contributed by atoms with Gasteiger partial charge in [0.1, 0.15) is 11.5 Å². The summed E-state index contributed by atoms with van der Waals surface area (Å²) in [6.07, 6.45) is 20.9. The second-order valence-corrected chi connectivity index (χ2v) is 7.22. The van der Waals surface area contributed by atoms with Crippen LogP contribution in [-0.2, 0) is 4.79 Å². The summed E-state index contributed by atoms with van der Waals surface area (Å²) in [6.45, 7) is 2.26. The molecule has 0 saturated carbocycles. The van der Waals surface area contributed by atoms with Crippen LogP contribution in [-0.4, -0.2) is 16.2 Å². The maximum absolute atomic E-state index is 10.2. The van der Waals surface area contributed by atoms with E-state index in [0.717, 1.165) is 19.3 Å². The maximum atomic E-state index is 10.2. The number of benzene rings is 1. The molecule has 0 saturated heterocycles. The molecule has 0 aromatic heterocycles. The molecule has 0 aliphatic heterocycles. The number of carbonyl (C=O) groups excluding carboxylic acids is 1. The summed E-state index contributed by atoms with van der Waals surface area (Å²) in [4.78, 5) is 10.2. The number of phenols is 2. The Morgan fingerprint density at radius 1 is 0.759 bits per heavy atom. The van der Waals surface area contributed by atoms with Crippen molar-refractivity contribution >= 4 is 5.97 Å². The first-order valence-corrected chi connectivity index (χ1v) is 10.9.